The number of nitrogens with zero attached hydrogens (tertiary/aromatic N) is 6. The summed E-state index contributed by atoms with van der Waals surface area (Å²) in [5.74, 6) is -0.487. The van der Waals surface area contributed by atoms with Crippen molar-refractivity contribution < 1.29 is 13.2 Å². The highest BCUT2D eigenvalue weighted by atomic mass is 32.2. The molecule has 3 aromatic heterocycles. The summed E-state index contributed by atoms with van der Waals surface area (Å²) in [5.41, 5.74) is 0.451. The van der Waals surface area contributed by atoms with Crippen molar-refractivity contribution in [3.8, 4) is 6.07 Å². The summed E-state index contributed by atoms with van der Waals surface area (Å²) >= 11 is 1.30. The van der Waals surface area contributed by atoms with Gasteiger partial charge in [0.2, 0.25) is 5.82 Å². The molecule has 0 spiro atoms. The third-order valence-corrected chi connectivity index (χ3v) is 4.27. The second-order valence-corrected chi connectivity index (χ2v) is 5.99. The van der Waals surface area contributed by atoms with E-state index in [0.29, 0.717) is 22.7 Å². The van der Waals surface area contributed by atoms with Gasteiger partial charge in [-0.15, -0.1) is 22.0 Å². The first kappa shape index (κ1) is 16.4. The third kappa shape index (κ3) is 3.12. The number of hydrogen-bond acceptors (Lipinski definition) is 6. The molecule has 0 fully saturated rings. The Hall–Kier alpha value is -2.41. The van der Waals surface area contributed by atoms with Crippen LogP contribution in [0.5, 0.6) is 0 Å². The molecule has 0 saturated heterocycles. The molecule has 24 heavy (non-hydrogen) atoms. The smallest absolute Gasteiger partial charge is 0.251 e. The molecule has 10 heteroatoms. The average Bonchev–Trinajstić information content (AvgIpc) is 3.00. The van der Waals surface area contributed by atoms with E-state index in [1.807, 2.05) is 0 Å². The van der Waals surface area contributed by atoms with Crippen LogP contribution in [0, 0.1) is 11.3 Å². The van der Waals surface area contributed by atoms with Crippen LogP contribution < -0.4 is 0 Å². The van der Waals surface area contributed by atoms with Crippen LogP contribution in [-0.2, 0) is 6.18 Å². The zero-order valence-corrected chi connectivity index (χ0v) is 13.1. The van der Waals surface area contributed by atoms with Crippen LogP contribution in [0.1, 0.15) is 25.1 Å². The SMILES string of the molecule is N#CCCCCSc1nc2cccnc2n2c(C(F)(F)F)nnc12. The van der Waals surface area contributed by atoms with Gasteiger partial charge in [-0.2, -0.15) is 18.4 Å². The number of hydrogen-bond donors (Lipinski definition) is 0. The first-order valence-corrected chi connectivity index (χ1v) is 8.07. The molecule has 6 nitrogen and oxygen atoms in total. The molecule has 0 aliphatic rings. The lowest BCUT2D eigenvalue weighted by molar-refractivity contribution is -0.145. The van der Waals surface area contributed by atoms with Crippen molar-refractivity contribution in [2.45, 2.75) is 30.5 Å². The zero-order chi connectivity index (χ0) is 17.2. The third-order valence-electron chi connectivity index (χ3n) is 3.23. The van der Waals surface area contributed by atoms with Crippen molar-refractivity contribution in [3.05, 3.63) is 24.2 Å². The molecule has 124 valence electrons. The molecule has 0 saturated carbocycles. The minimum absolute atomic E-state index is 0.0406. The number of alkyl halides is 3. The fraction of sp³-hybridized carbons (Fsp3) is 0.357. The molecular weight excluding hydrogens is 341 g/mol. The summed E-state index contributed by atoms with van der Waals surface area (Å²) in [4.78, 5) is 8.35. The van der Waals surface area contributed by atoms with E-state index in [4.69, 9.17) is 5.26 Å². The van der Waals surface area contributed by atoms with Crippen LogP contribution in [0.4, 0.5) is 13.2 Å². The minimum atomic E-state index is -4.64. The maximum atomic E-state index is 13.2. The molecular formula is C14H11F3N6S. The van der Waals surface area contributed by atoms with Gasteiger partial charge in [0.1, 0.15) is 10.5 Å². The number of fused-ring (bicyclic) bond motifs is 3. The lowest BCUT2D eigenvalue weighted by atomic mass is 10.3. The van der Waals surface area contributed by atoms with Crippen LogP contribution in [0.15, 0.2) is 23.4 Å². The maximum absolute atomic E-state index is 13.2. The molecule has 0 atom stereocenters. The van der Waals surface area contributed by atoms with Gasteiger partial charge >= 0.3 is 6.18 Å². The number of halogens is 3. The van der Waals surface area contributed by atoms with E-state index in [1.54, 1.807) is 12.1 Å². The fourth-order valence-electron chi connectivity index (χ4n) is 2.19. The van der Waals surface area contributed by atoms with Gasteiger partial charge in [0.15, 0.2) is 11.3 Å². The van der Waals surface area contributed by atoms with Crippen LogP contribution in [0.25, 0.3) is 16.8 Å². The molecule has 3 rings (SSSR count). The van der Waals surface area contributed by atoms with E-state index < -0.39 is 12.0 Å². The largest absolute Gasteiger partial charge is 0.452 e. The zero-order valence-electron chi connectivity index (χ0n) is 12.3. The summed E-state index contributed by atoms with van der Waals surface area (Å²) in [6.07, 6.45) is -1.29. The van der Waals surface area contributed by atoms with Crippen LogP contribution in [0.2, 0.25) is 0 Å². The normalized spacial score (nSPS) is 11.9. The minimum Gasteiger partial charge on any atom is -0.251 e. The number of thioether (sulfide) groups is 1. The molecule has 0 radical (unpaired) electrons. The highest BCUT2D eigenvalue weighted by Gasteiger charge is 2.38. The Labute approximate surface area is 138 Å². The molecule has 3 heterocycles. The molecule has 0 aliphatic heterocycles. The van der Waals surface area contributed by atoms with E-state index in [1.165, 1.54) is 18.0 Å². The van der Waals surface area contributed by atoms with E-state index in [0.717, 1.165) is 17.2 Å². The van der Waals surface area contributed by atoms with E-state index in [2.05, 4.69) is 26.2 Å². The predicted octanol–water partition coefficient (Wildman–Crippen LogP) is 3.48. The van der Waals surface area contributed by atoms with Gasteiger partial charge in [-0.25, -0.2) is 9.97 Å². The van der Waals surface area contributed by atoms with Crippen LogP contribution in [-0.4, -0.2) is 30.3 Å². The summed E-state index contributed by atoms with van der Waals surface area (Å²) < 4.78 is 40.5. The summed E-state index contributed by atoms with van der Waals surface area (Å²) in [6.45, 7) is 0. The van der Waals surface area contributed by atoms with Crippen molar-refractivity contribution in [1.29, 1.82) is 5.26 Å². The second-order valence-electron chi connectivity index (χ2n) is 4.91. The Kier molecular flexibility index (Phi) is 4.53. The highest BCUT2D eigenvalue weighted by Crippen LogP contribution is 2.32. The number of unbranched alkanes of at least 4 members (excludes halogenated alkanes) is 2. The summed E-state index contributed by atoms with van der Waals surface area (Å²) in [5, 5.41) is 15.8. The van der Waals surface area contributed by atoms with E-state index >= 15 is 0 Å². The summed E-state index contributed by atoms with van der Waals surface area (Å²) in [6, 6.07) is 5.27. The van der Waals surface area contributed by atoms with Gasteiger partial charge in [0.25, 0.3) is 0 Å². The van der Waals surface area contributed by atoms with Gasteiger partial charge < -0.3 is 0 Å². The number of rotatable bonds is 5. The maximum Gasteiger partial charge on any atom is 0.452 e. The van der Waals surface area contributed by atoms with Crippen LogP contribution in [0.3, 0.4) is 0 Å². The quantitative estimate of drug-likeness (QED) is 0.517. The molecule has 0 aliphatic carbocycles. The van der Waals surface area contributed by atoms with E-state index in [9.17, 15) is 13.2 Å². The fourth-order valence-corrected chi connectivity index (χ4v) is 3.15. The molecule has 0 unspecified atom stereocenters. The van der Waals surface area contributed by atoms with Crippen LogP contribution >= 0.6 is 11.8 Å². The Morgan fingerprint density at radius 3 is 2.79 bits per heavy atom. The van der Waals surface area contributed by atoms with Crippen molar-refractivity contribution in [1.82, 2.24) is 24.6 Å². The number of nitriles is 1. The molecule has 0 N–H and O–H groups in total. The summed E-state index contributed by atoms with van der Waals surface area (Å²) in [7, 11) is 0. The Bertz CT molecular complexity index is 914. The van der Waals surface area contributed by atoms with E-state index in [-0.39, 0.29) is 11.3 Å². The predicted molar refractivity (Wildman–Crippen MR) is 81.3 cm³/mol. The molecule has 0 amide bonds. The van der Waals surface area contributed by atoms with Gasteiger partial charge in [-0.1, -0.05) is 0 Å². The Morgan fingerprint density at radius 2 is 2.04 bits per heavy atom. The number of pyridine rings is 1. The van der Waals surface area contributed by atoms with Crippen molar-refractivity contribution in [2.24, 2.45) is 0 Å². The lowest BCUT2D eigenvalue weighted by Crippen LogP contribution is -2.12. The van der Waals surface area contributed by atoms with Crippen molar-refractivity contribution >= 4 is 28.6 Å². The first-order valence-electron chi connectivity index (χ1n) is 7.09. The molecule has 3 aromatic rings. The van der Waals surface area contributed by atoms with Crippen molar-refractivity contribution in [2.75, 3.05) is 5.75 Å². The first-order chi connectivity index (χ1) is 11.5. The standard InChI is InChI=1S/C14H11F3N6S/c15-14(16,17)13-22-21-11-12(24-8-3-1-2-6-18)20-9-5-4-7-19-10(9)23(11)13/h4-5,7H,1-3,8H2. The topological polar surface area (TPSA) is 79.8 Å². The molecule has 0 bridgehead atoms. The Balaban J connectivity index is 2.06. The van der Waals surface area contributed by atoms with Gasteiger partial charge in [0, 0.05) is 12.6 Å². The van der Waals surface area contributed by atoms with Gasteiger partial charge in [0.05, 0.1) is 6.07 Å². The highest BCUT2D eigenvalue weighted by molar-refractivity contribution is 7.99. The lowest BCUT2D eigenvalue weighted by Gasteiger charge is -2.08. The van der Waals surface area contributed by atoms with Gasteiger partial charge in [-0.3, -0.25) is 4.40 Å². The average molecular weight is 352 g/mol. The molecule has 0 aromatic carbocycles. The monoisotopic (exact) mass is 352 g/mol. The van der Waals surface area contributed by atoms with Crippen molar-refractivity contribution in [3.63, 3.8) is 0 Å². The number of aromatic nitrogens is 5. The van der Waals surface area contributed by atoms with Gasteiger partial charge in [-0.05, 0) is 30.7 Å². The second kappa shape index (κ2) is 6.60. The Morgan fingerprint density at radius 1 is 1.21 bits per heavy atom.